The summed E-state index contributed by atoms with van der Waals surface area (Å²) in [5.41, 5.74) is 0. The molecule has 0 unspecified atom stereocenters. The predicted octanol–water partition coefficient (Wildman–Crippen LogP) is -0.259. The highest BCUT2D eigenvalue weighted by molar-refractivity contribution is 7.80. The lowest BCUT2D eigenvalue weighted by atomic mass is 10.3. The summed E-state index contributed by atoms with van der Waals surface area (Å²) >= 11 is 4.88. The average molecular weight is 234 g/mol. The Morgan fingerprint density at radius 3 is 1.93 bits per heavy atom. The van der Waals surface area contributed by atoms with Gasteiger partial charge in [-0.2, -0.15) is 0 Å². The van der Waals surface area contributed by atoms with Gasteiger partial charge in [-0.25, -0.2) is 9.59 Å². The summed E-state index contributed by atoms with van der Waals surface area (Å²) in [6.45, 7) is 4.87. The van der Waals surface area contributed by atoms with Gasteiger partial charge in [-0.3, -0.25) is 0 Å². The van der Waals surface area contributed by atoms with Gasteiger partial charge in [0.1, 0.15) is 0 Å². The minimum Gasteiger partial charge on any atom is -0.479 e. The van der Waals surface area contributed by atoms with Crippen LogP contribution in [0.5, 0.6) is 0 Å². The summed E-state index contributed by atoms with van der Waals surface area (Å²) < 4.78 is 0. The highest BCUT2D eigenvalue weighted by Gasteiger charge is 2.27. The molecule has 0 heterocycles. The van der Waals surface area contributed by atoms with Crippen molar-refractivity contribution in [2.75, 3.05) is 13.1 Å². The highest BCUT2D eigenvalue weighted by Crippen LogP contribution is 1.92. The average Bonchev–Trinajstić information content (AvgIpc) is 2.15. The van der Waals surface area contributed by atoms with E-state index >= 15 is 0 Å². The van der Waals surface area contributed by atoms with E-state index in [1.807, 2.05) is 13.8 Å². The SMILES string of the molecule is CCN(CC)C(=S)NC(C(=O)O)C(=O)O. The molecule has 6 nitrogen and oxygen atoms in total. The van der Waals surface area contributed by atoms with E-state index < -0.39 is 18.0 Å². The van der Waals surface area contributed by atoms with E-state index in [2.05, 4.69) is 5.32 Å². The van der Waals surface area contributed by atoms with E-state index in [4.69, 9.17) is 22.4 Å². The van der Waals surface area contributed by atoms with E-state index in [0.717, 1.165) is 0 Å². The van der Waals surface area contributed by atoms with Crippen LogP contribution in [0.1, 0.15) is 13.8 Å². The first-order valence-corrected chi connectivity index (χ1v) is 4.85. The molecule has 0 radical (unpaired) electrons. The number of carboxylic acid groups (broad SMARTS) is 2. The van der Waals surface area contributed by atoms with Crippen LogP contribution in [-0.2, 0) is 9.59 Å². The lowest BCUT2D eigenvalue weighted by molar-refractivity contribution is -0.150. The van der Waals surface area contributed by atoms with Crippen LogP contribution >= 0.6 is 12.2 Å². The molecule has 0 aromatic carbocycles. The maximum absolute atomic E-state index is 10.6. The van der Waals surface area contributed by atoms with Gasteiger partial charge in [0.25, 0.3) is 0 Å². The first-order chi connectivity index (χ1) is 6.93. The first kappa shape index (κ1) is 13.6. The fourth-order valence-corrected chi connectivity index (χ4v) is 1.33. The van der Waals surface area contributed by atoms with Gasteiger partial charge < -0.3 is 20.4 Å². The molecule has 0 atom stereocenters. The molecule has 0 saturated carbocycles. The second-order valence-electron chi connectivity index (χ2n) is 2.73. The largest absolute Gasteiger partial charge is 0.479 e. The number of hydrogen-bond donors (Lipinski definition) is 3. The molecule has 0 rings (SSSR count). The summed E-state index contributed by atoms with van der Waals surface area (Å²) in [5, 5.41) is 19.6. The zero-order valence-corrected chi connectivity index (χ0v) is 9.37. The Morgan fingerprint density at radius 2 is 1.67 bits per heavy atom. The minimum atomic E-state index is -1.70. The Balaban J connectivity index is 4.48. The van der Waals surface area contributed by atoms with Crippen molar-refractivity contribution < 1.29 is 19.8 Å². The smallest absolute Gasteiger partial charge is 0.338 e. The Labute approximate surface area is 92.9 Å². The fraction of sp³-hybridized carbons (Fsp3) is 0.625. The third kappa shape index (κ3) is 4.11. The van der Waals surface area contributed by atoms with Crippen molar-refractivity contribution in [1.82, 2.24) is 10.2 Å². The molecule has 7 heteroatoms. The van der Waals surface area contributed by atoms with E-state index in [1.165, 1.54) is 0 Å². The number of nitrogens with zero attached hydrogens (tertiary/aromatic N) is 1. The third-order valence-corrected chi connectivity index (χ3v) is 2.19. The maximum atomic E-state index is 10.6. The maximum Gasteiger partial charge on any atom is 0.338 e. The van der Waals surface area contributed by atoms with Crippen molar-refractivity contribution in [3.8, 4) is 0 Å². The Bertz CT molecular complexity index is 251. The van der Waals surface area contributed by atoms with Gasteiger partial charge in [-0.15, -0.1) is 0 Å². The first-order valence-electron chi connectivity index (χ1n) is 4.45. The Hall–Kier alpha value is -1.37. The Kier molecular flexibility index (Phi) is 5.61. The number of nitrogens with one attached hydrogen (secondary N) is 1. The van der Waals surface area contributed by atoms with Crippen LogP contribution in [0.4, 0.5) is 0 Å². The minimum absolute atomic E-state index is 0.134. The van der Waals surface area contributed by atoms with Crippen LogP contribution in [0.25, 0.3) is 0 Å². The standard InChI is InChI=1S/C8H14N2O4S/c1-3-10(4-2)8(15)9-5(6(11)12)7(13)14/h5H,3-4H2,1-2H3,(H,9,15)(H,11,12)(H,13,14). The second kappa shape index (κ2) is 6.18. The molecule has 0 amide bonds. The van der Waals surface area contributed by atoms with Gasteiger partial charge in [0.2, 0.25) is 6.04 Å². The van der Waals surface area contributed by atoms with Gasteiger partial charge in [0, 0.05) is 13.1 Å². The van der Waals surface area contributed by atoms with Crippen LogP contribution in [0.3, 0.4) is 0 Å². The van der Waals surface area contributed by atoms with Crippen LogP contribution in [-0.4, -0.2) is 51.3 Å². The number of aliphatic carboxylic acids is 2. The quantitative estimate of drug-likeness (QED) is 0.446. The van der Waals surface area contributed by atoms with Crippen LogP contribution in [0.15, 0.2) is 0 Å². The topological polar surface area (TPSA) is 89.9 Å². The highest BCUT2D eigenvalue weighted by atomic mass is 32.1. The third-order valence-electron chi connectivity index (χ3n) is 1.81. The molecule has 0 bridgehead atoms. The van der Waals surface area contributed by atoms with E-state index in [9.17, 15) is 9.59 Å². The number of carboxylic acids is 2. The molecule has 0 aliphatic heterocycles. The summed E-state index contributed by atoms with van der Waals surface area (Å²) in [6.07, 6.45) is 0. The zero-order chi connectivity index (χ0) is 12.0. The van der Waals surface area contributed by atoms with Crippen molar-refractivity contribution in [3.05, 3.63) is 0 Å². The number of thiocarbonyl (C=S) groups is 1. The van der Waals surface area contributed by atoms with Crippen LogP contribution < -0.4 is 5.32 Å². The molecule has 0 aromatic rings. The number of rotatable bonds is 5. The summed E-state index contributed by atoms with van der Waals surface area (Å²) in [5.74, 6) is -2.92. The summed E-state index contributed by atoms with van der Waals surface area (Å²) in [6, 6.07) is -1.70. The van der Waals surface area contributed by atoms with Crippen LogP contribution in [0, 0.1) is 0 Å². The molecule has 0 spiro atoms. The zero-order valence-electron chi connectivity index (χ0n) is 8.56. The molecule has 3 N–H and O–H groups in total. The van der Waals surface area contributed by atoms with Crippen molar-refractivity contribution in [2.45, 2.75) is 19.9 Å². The number of carbonyl (C=O) groups is 2. The molecule has 15 heavy (non-hydrogen) atoms. The molecular weight excluding hydrogens is 220 g/mol. The monoisotopic (exact) mass is 234 g/mol. The molecule has 0 fully saturated rings. The van der Waals surface area contributed by atoms with E-state index in [1.54, 1.807) is 4.90 Å². The lowest BCUT2D eigenvalue weighted by Gasteiger charge is -2.23. The van der Waals surface area contributed by atoms with Crippen molar-refractivity contribution in [3.63, 3.8) is 0 Å². The Morgan fingerprint density at radius 1 is 1.27 bits per heavy atom. The van der Waals surface area contributed by atoms with Crippen LogP contribution in [0.2, 0.25) is 0 Å². The molecule has 0 aliphatic carbocycles. The van der Waals surface area contributed by atoms with E-state index in [0.29, 0.717) is 13.1 Å². The van der Waals surface area contributed by atoms with Crippen molar-refractivity contribution in [1.29, 1.82) is 0 Å². The predicted molar refractivity (Wildman–Crippen MR) is 57.7 cm³/mol. The van der Waals surface area contributed by atoms with Crippen molar-refractivity contribution in [2.24, 2.45) is 0 Å². The van der Waals surface area contributed by atoms with Crippen molar-refractivity contribution >= 4 is 29.3 Å². The van der Waals surface area contributed by atoms with Gasteiger partial charge in [-0.05, 0) is 26.1 Å². The van der Waals surface area contributed by atoms with Gasteiger partial charge >= 0.3 is 11.9 Å². The van der Waals surface area contributed by atoms with Gasteiger partial charge in [0.15, 0.2) is 5.11 Å². The normalized spacial score (nSPS) is 9.80. The lowest BCUT2D eigenvalue weighted by Crippen LogP contribution is -2.51. The fourth-order valence-electron chi connectivity index (χ4n) is 0.955. The second-order valence-corrected chi connectivity index (χ2v) is 3.12. The molecule has 0 saturated heterocycles. The molecule has 0 aromatic heterocycles. The van der Waals surface area contributed by atoms with E-state index in [-0.39, 0.29) is 5.11 Å². The summed E-state index contributed by atoms with van der Waals surface area (Å²) in [7, 11) is 0. The summed E-state index contributed by atoms with van der Waals surface area (Å²) in [4.78, 5) is 22.8. The van der Waals surface area contributed by atoms with Gasteiger partial charge in [0.05, 0.1) is 0 Å². The molecular formula is C8H14N2O4S. The molecule has 86 valence electrons. The molecule has 0 aliphatic rings. The number of hydrogen-bond acceptors (Lipinski definition) is 3. The van der Waals surface area contributed by atoms with Gasteiger partial charge in [-0.1, -0.05) is 0 Å².